The monoisotopic (exact) mass is 435 g/mol. The number of piperazine rings is 1. The van der Waals surface area contributed by atoms with Crippen LogP contribution in [0.1, 0.15) is 5.56 Å². The molecule has 2 aromatic carbocycles. The van der Waals surface area contributed by atoms with Crippen LogP contribution in [0.15, 0.2) is 53.4 Å². The van der Waals surface area contributed by atoms with Gasteiger partial charge in [0.25, 0.3) is 0 Å². The Balaban J connectivity index is 1.54. The molecule has 0 bridgehead atoms. The Hall–Kier alpha value is -2.49. The van der Waals surface area contributed by atoms with Gasteiger partial charge < -0.3 is 9.64 Å². The number of methoxy groups -OCH3 is 1. The molecule has 0 saturated carbocycles. The van der Waals surface area contributed by atoms with E-state index in [-0.39, 0.29) is 30.4 Å². The van der Waals surface area contributed by atoms with Crippen LogP contribution < -0.4 is 4.74 Å². The zero-order valence-electron chi connectivity index (χ0n) is 17.1. The highest BCUT2D eigenvalue weighted by molar-refractivity contribution is 7.89. The minimum absolute atomic E-state index is 0.0526. The molecule has 0 unspecified atom stereocenters. The third-order valence-corrected chi connectivity index (χ3v) is 7.06. The Bertz CT molecular complexity index is 991. The number of carbonyl (C=O) groups is 1. The number of carbonyl (C=O) groups excluding carboxylic acids is 1. The van der Waals surface area contributed by atoms with Crippen molar-refractivity contribution in [2.24, 2.45) is 0 Å². The fraction of sp³-hybridized carbons (Fsp3) is 0.381. The second-order valence-electron chi connectivity index (χ2n) is 7.21. The molecule has 0 aromatic heterocycles. The van der Waals surface area contributed by atoms with Gasteiger partial charge in [0.15, 0.2) is 0 Å². The molecule has 162 valence electrons. The van der Waals surface area contributed by atoms with Crippen molar-refractivity contribution in [3.8, 4) is 5.75 Å². The molecule has 0 N–H and O–H groups in total. The van der Waals surface area contributed by atoms with Gasteiger partial charge in [0.2, 0.25) is 15.9 Å². The van der Waals surface area contributed by atoms with Crippen LogP contribution in [0.4, 0.5) is 4.39 Å². The van der Waals surface area contributed by atoms with Crippen LogP contribution in [0.2, 0.25) is 0 Å². The molecule has 1 amide bonds. The van der Waals surface area contributed by atoms with Crippen molar-refractivity contribution >= 4 is 15.9 Å². The summed E-state index contributed by atoms with van der Waals surface area (Å²) in [7, 11) is -0.550. The largest absolute Gasteiger partial charge is 0.497 e. The molecule has 0 radical (unpaired) electrons. The zero-order chi connectivity index (χ0) is 21.7. The van der Waals surface area contributed by atoms with Gasteiger partial charge in [-0.2, -0.15) is 4.31 Å². The molecule has 0 spiro atoms. The number of halogens is 1. The highest BCUT2D eigenvalue weighted by atomic mass is 32.2. The van der Waals surface area contributed by atoms with E-state index in [4.69, 9.17) is 4.74 Å². The minimum Gasteiger partial charge on any atom is -0.497 e. The molecule has 0 aliphatic carbocycles. The van der Waals surface area contributed by atoms with Gasteiger partial charge in [0.05, 0.1) is 13.7 Å². The Labute approximate surface area is 176 Å². The first-order chi connectivity index (χ1) is 14.3. The quantitative estimate of drug-likeness (QED) is 0.663. The summed E-state index contributed by atoms with van der Waals surface area (Å²) in [6.45, 7) is 1.90. The first kappa shape index (κ1) is 22.2. The zero-order valence-corrected chi connectivity index (χ0v) is 17.9. The van der Waals surface area contributed by atoms with Gasteiger partial charge in [-0.05, 0) is 29.8 Å². The third kappa shape index (κ3) is 5.16. The lowest BCUT2D eigenvalue weighted by Crippen LogP contribution is -2.51. The summed E-state index contributed by atoms with van der Waals surface area (Å²) in [4.78, 5) is 15.8. The highest BCUT2D eigenvalue weighted by Crippen LogP contribution is 2.20. The molecular formula is C21H26FN3O4S. The predicted molar refractivity (Wildman–Crippen MR) is 111 cm³/mol. The fourth-order valence-corrected chi connectivity index (χ4v) is 4.85. The van der Waals surface area contributed by atoms with Crippen molar-refractivity contribution in [1.82, 2.24) is 14.1 Å². The van der Waals surface area contributed by atoms with Crippen molar-refractivity contribution in [2.75, 3.05) is 46.9 Å². The number of hydrogen-bond acceptors (Lipinski definition) is 5. The predicted octanol–water partition coefficient (Wildman–Crippen LogP) is 1.80. The van der Waals surface area contributed by atoms with Gasteiger partial charge in [-0.1, -0.05) is 24.3 Å². The average molecular weight is 436 g/mol. The van der Waals surface area contributed by atoms with E-state index in [9.17, 15) is 17.6 Å². The van der Waals surface area contributed by atoms with Crippen LogP contribution in [0.25, 0.3) is 0 Å². The third-order valence-electron chi connectivity index (χ3n) is 5.12. The van der Waals surface area contributed by atoms with E-state index in [0.29, 0.717) is 19.6 Å². The van der Waals surface area contributed by atoms with E-state index in [2.05, 4.69) is 0 Å². The first-order valence-electron chi connectivity index (χ1n) is 9.65. The second kappa shape index (κ2) is 9.55. The summed E-state index contributed by atoms with van der Waals surface area (Å²) < 4.78 is 45.8. The van der Waals surface area contributed by atoms with Crippen molar-refractivity contribution in [3.63, 3.8) is 0 Å². The van der Waals surface area contributed by atoms with Gasteiger partial charge in [-0.15, -0.1) is 0 Å². The molecule has 0 atom stereocenters. The van der Waals surface area contributed by atoms with E-state index in [0.717, 1.165) is 17.4 Å². The van der Waals surface area contributed by atoms with Crippen molar-refractivity contribution < 1.29 is 22.3 Å². The highest BCUT2D eigenvalue weighted by Gasteiger charge is 2.31. The van der Waals surface area contributed by atoms with Crippen LogP contribution in [0.5, 0.6) is 5.75 Å². The lowest BCUT2D eigenvalue weighted by atomic mass is 10.2. The first-order valence-corrected chi connectivity index (χ1v) is 11.1. The molecule has 1 aliphatic heterocycles. The molecule has 1 aliphatic rings. The molecule has 1 fully saturated rings. The van der Waals surface area contributed by atoms with Crippen molar-refractivity contribution in [2.45, 2.75) is 11.4 Å². The lowest BCUT2D eigenvalue weighted by molar-refractivity contribution is -0.131. The van der Waals surface area contributed by atoms with E-state index in [1.54, 1.807) is 19.1 Å². The Morgan fingerprint density at radius 1 is 1.10 bits per heavy atom. The summed E-state index contributed by atoms with van der Waals surface area (Å²) >= 11 is 0. The average Bonchev–Trinajstić information content (AvgIpc) is 2.74. The Morgan fingerprint density at radius 2 is 1.80 bits per heavy atom. The number of rotatable bonds is 7. The summed E-state index contributed by atoms with van der Waals surface area (Å²) in [6.07, 6.45) is 0. The molecular weight excluding hydrogens is 409 g/mol. The summed E-state index contributed by atoms with van der Waals surface area (Å²) in [5.74, 6) is -0.0713. The van der Waals surface area contributed by atoms with Gasteiger partial charge in [-0.3, -0.25) is 9.69 Å². The van der Waals surface area contributed by atoms with E-state index in [1.807, 2.05) is 29.2 Å². The summed E-state index contributed by atoms with van der Waals surface area (Å²) in [6, 6.07) is 12.9. The van der Waals surface area contributed by atoms with E-state index >= 15 is 0 Å². The molecule has 1 heterocycles. The molecule has 7 nitrogen and oxygen atoms in total. The minimum atomic E-state index is -3.88. The van der Waals surface area contributed by atoms with Crippen molar-refractivity contribution in [3.05, 3.63) is 59.9 Å². The van der Waals surface area contributed by atoms with Gasteiger partial charge >= 0.3 is 0 Å². The number of nitrogens with zero attached hydrogens (tertiary/aromatic N) is 3. The number of hydrogen-bond donors (Lipinski definition) is 0. The smallest absolute Gasteiger partial charge is 0.246 e. The number of ether oxygens (including phenoxy) is 1. The number of sulfonamides is 1. The SMILES string of the molecule is COc1cccc(CN(C)C(=O)CN2CCN(S(=O)(=O)c3ccccc3F)CC2)c1. The van der Waals surface area contributed by atoms with Crippen molar-refractivity contribution in [1.29, 1.82) is 0 Å². The number of likely N-dealkylation sites (N-methyl/N-ethyl adjacent to an activating group) is 1. The maximum absolute atomic E-state index is 13.9. The van der Waals surface area contributed by atoms with Crippen LogP contribution in [0.3, 0.4) is 0 Å². The maximum Gasteiger partial charge on any atom is 0.246 e. The molecule has 1 saturated heterocycles. The standard InChI is InChI=1S/C21H26FN3O4S/c1-23(15-17-6-5-7-18(14-17)29-2)21(26)16-24-10-12-25(13-11-24)30(27,28)20-9-4-3-8-19(20)22/h3-9,14H,10-13,15-16H2,1-2H3. The van der Waals surface area contributed by atoms with Crippen LogP contribution >= 0.6 is 0 Å². The topological polar surface area (TPSA) is 70.2 Å². The molecule has 2 aromatic rings. The van der Waals surface area contributed by atoms with Gasteiger partial charge in [-0.25, -0.2) is 12.8 Å². The lowest BCUT2D eigenvalue weighted by Gasteiger charge is -2.34. The van der Waals surface area contributed by atoms with E-state index in [1.165, 1.54) is 22.5 Å². The fourth-order valence-electron chi connectivity index (χ4n) is 3.37. The Morgan fingerprint density at radius 3 is 2.47 bits per heavy atom. The van der Waals surface area contributed by atoms with Crippen LogP contribution in [0, 0.1) is 5.82 Å². The van der Waals surface area contributed by atoms with Gasteiger partial charge in [0.1, 0.15) is 16.5 Å². The maximum atomic E-state index is 13.9. The Kier molecular flexibility index (Phi) is 7.06. The summed E-state index contributed by atoms with van der Waals surface area (Å²) in [5.41, 5.74) is 0.964. The normalized spacial score (nSPS) is 15.7. The molecule has 9 heteroatoms. The second-order valence-corrected chi connectivity index (χ2v) is 9.12. The van der Waals surface area contributed by atoms with Crippen LogP contribution in [-0.2, 0) is 21.4 Å². The van der Waals surface area contributed by atoms with Crippen LogP contribution in [-0.4, -0.2) is 75.3 Å². The molecule has 30 heavy (non-hydrogen) atoms. The summed E-state index contributed by atoms with van der Waals surface area (Å²) in [5, 5.41) is 0. The van der Waals surface area contributed by atoms with E-state index < -0.39 is 15.8 Å². The number of amides is 1. The van der Waals surface area contributed by atoms with Gasteiger partial charge in [0, 0.05) is 39.8 Å². The number of benzene rings is 2. The molecule has 3 rings (SSSR count).